The van der Waals surface area contributed by atoms with Gasteiger partial charge in [0.2, 0.25) is 0 Å². The first-order valence-corrected chi connectivity index (χ1v) is 5.57. The average molecular weight is 226 g/mol. The summed E-state index contributed by atoms with van der Waals surface area (Å²) in [6.45, 7) is 4.39. The van der Waals surface area contributed by atoms with Crippen molar-refractivity contribution in [1.82, 2.24) is 10.6 Å². The Bertz CT molecular complexity index is 289. The van der Waals surface area contributed by atoms with Gasteiger partial charge < -0.3 is 10.1 Å². The van der Waals surface area contributed by atoms with Crippen LogP contribution in [0.3, 0.4) is 0 Å². The predicted molar refractivity (Wildman–Crippen MR) is 59.6 cm³/mol. The highest BCUT2D eigenvalue weighted by Crippen LogP contribution is 2.32. The molecule has 3 amide bonds. The number of ether oxygens (including phenoxy) is 1. The highest BCUT2D eigenvalue weighted by atomic mass is 16.5. The Morgan fingerprint density at radius 2 is 2.19 bits per heavy atom. The van der Waals surface area contributed by atoms with E-state index in [2.05, 4.69) is 17.6 Å². The first kappa shape index (κ1) is 12.5. The lowest BCUT2D eigenvalue weighted by atomic mass is 10.3. The lowest BCUT2D eigenvalue weighted by Gasteiger charge is -2.03. The second-order valence-corrected chi connectivity index (χ2v) is 3.73. The monoisotopic (exact) mass is 226 g/mol. The fourth-order valence-electron chi connectivity index (χ4n) is 1.44. The van der Waals surface area contributed by atoms with E-state index in [9.17, 15) is 9.59 Å². The Labute approximate surface area is 95.2 Å². The molecule has 0 bridgehead atoms. The van der Waals surface area contributed by atoms with Crippen LogP contribution in [-0.4, -0.2) is 24.6 Å². The minimum atomic E-state index is -0.473. The number of hydrogen-bond donors (Lipinski definition) is 2. The molecule has 1 fully saturated rings. The third kappa shape index (κ3) is 4.33. The fourth-order valence-corrected chi connectivity index (χ4v) is 1.44. The molecule has 0 aromatic carbocycles. The van der Waals surface area contributed by atoms with Gasteiger partial charge in [-0.2, -0.15) is 0 Å². The molecular weight excluding hydrogens is 208 g/mol. The van der Waals surface area contributed by atoms with Gasteiger partial charge >= 0.3 is 6.03 Å². The van der Waals surface area contributed by atoms with Crippen LogP contribution < -0.4 is 10.6 Å². The van der Waals surface area contributed by atoms with Gasteiger partial charge in [-0.25, -0.2) is 4.79 Å². The van der Waals surface area contributed by atoms with Gasteiger partial charge in [0.15, 0.2) is 0 Å². The largest absolute Gasteiger partial charge is 0.501 e. The second kappa shape index (κ2) is 6.15. The Morgan fingerprint density at radius 1 is 1.44 bits per heavy atom. The summed E-state index contributed by atoms with van der Waals surface area (Å²) in [6, 6.07) is -0.208. The van der Waals surface area contributed by atoms with Crippen LogP contribution in [0.1, 0.15) is 26.7 Å². The van der Waals surface area contributed by atoms with E-state index in [-0.39, 0.29) is 6.04 Å². The third-order valence-corrected chi connectivity index (χ3v) is 2.48. The van der Waals surface area contributed by atoms with E-state index in [0.29, 0.717) is 12.5 Å². The van der Waals surface area contributed by atoms with Crippen molar-refractivity contribution in [3.05, 3.63) is 12.3 Å². The molecule has 0 aliphatic heterocycles. The number of rotatable bonds is 5. The normalized spacial score (nSPS) is 22.9. The fraction of sp³-hybridized carbons (Fsp3) is 0.636. The number of hydrogen-bond acceptors (Lipinski definition) is 3. The first-order chi connectivity index (χ1) is 7.67. The van der Waals surface area contributed by atoms with Gasteiger partial charge in [-0.15, -0.1) is 0 Å². The van der Waals surface area contributed by atoms with E-state index in [0.717, 1.165) is 12.8 Å². The first-order valence-electron chi connectivity index (χ1n) is 5.57. The molecule has 0 spiro atoms. The third-order valence-electron chi connectivity index (χ3n) is 2.48. The molecule has 0 aromatic heterocycles. The maximum atomic E-state index is 11.3. The molecule has 2 atom stereocenters. The van der Waals surface area contributed by atoms with Gasteiger partial charge in [0.05, 0.1) is 12.9 Å². The number of carbonyl (C=O) groups excluding carboxylic acids is 2. The SMILES string of the molecule is CCO/C=C/C(=O)NC(=O)N[C@@H]1C[C@H]1CC. The van der Waals surface area contributed by atoms with Crippen molar-refractivity contribution >= 4 is 11.9 Å². The number of urea groups is 1. The van der Waals surface area contributed by atoms with E-state index >= 15 is 0 Å². The van der Waals surface area contributed by atoms with Gasteiger partial charge in [-0.05, 0) is 19.3 Å². The summed E-state index contributed by atoms with van der Waals surface area (Å²) in [5, 5.41) is 4.93. The summed E-state index contributed by atoms with van der Waals surface area (Å²) in [6.07, 6.45) is 4.53. The molecule has 5 nitrogen and oxygen atoms in total. The van der Waals surface area contributed by atoms with Crippen molar-refractivity contribution in [1.29, 1.82) is 0 Å². The van der Waals surface area contributed by atoms with Gasteiger partial charge in [0, 0.05) is 12.1 Å². The molecule has 1 aliphatic rings. The van der Waals surface area contributed by atoms with Crippen molar-refractivity contribution in [3.63, 3.8) is 0 Å². The topological polar surface area (TPSA) is 67.4 Å². The molecule has 0 saturated heterocycles. The highest BCUT2D eigenvalue weighted by Gasteiger charge is 2.36. The Morgan fingerprint density at radius 3 is 2.75 bits per heavy atom. The lowest BCUT2D eigenvalue weighted by Crippen LogP contribution is -2.40. The van der Waals surface area contributed by atoms with Crippen molar-refractivity contribution in [2.75, 3.05) is 6.61 Å². The molecule has 16 heavy (non-hydrogen) atoms. The number of amides is 3. The van der Waals surface area contributed by atoms with Crippen LogP contribution in [0.15, 0.2) is 12.3 Å². The van der Waals surface area contributed by atoms with Gasteiger partial charge in [-0.1, -0.05) is 13.3 Å². The molecule has 0 aromatic rings. The second-order valence-electron chi connectivity index (χ2n) is 3.73. The summed E-state index contributed by atoms with van der Waals surface area (Å²) in [7, 11) is 0. The summed E-state index contributed by atoms with van der Waals surface area (Å²) in [5.74, 6) is 0.0967. The van der Waals surface area contributed by atoms with Crippen LogP contribution in [0.2, 0.25) is 0 Å². The highest BCUT2D eigenvalue weighted by molar-refractivity contribution is 6.00. The zero-order chi connectivity index (χ0) is 12.0. The molecule has 1 rings (SSSR count). The van der Waals surface area contributed by atoms with Gasteiger partial charge in [0.25, 0.3) is 5.91 Å². The van der Waals surface area contributed by atoms with E-state index in [1.54, 1.807) is 0 Å². The minimum absolute atomic E-state index is 0.230. The van der Waals surface area contributed by atoms with Crippen molar-refractivity contribution in [2.24, 2.45) is 5.92 Å². The molecule has 0 unspecified atom stereocenters. The predicted octanol–water partition coefficient (Wildman–Crippen LogP) is 1.16. The summed E-state index contributed by atoms with van der Waals surface area (Å²) in [5.41, 5.74) is 0. The van der Waals surface area contributed by atoms with E-state index < -0.39 is 11.9 Å². The minimum Gasteiger partial charge on any atom is -0.501 e. The zero-order valence-corrected chi connectivity index (χ0v) is 9.66. The molecule has 1 saturated carbocycles. The number of imide groups is 1. The van der Waals surface area contributed by atoms with Crippen LogP contribution in [0, 0.1) is 5.92 Å². The number of carbonyl (C=O) groups is 2. The van der Waals surface area contributed by atoms with Crippen LogP contribution in [0.25, 0.3) is 0 Å². The Balaban J connectivity index is 2.16. The maximum absolute atomic E-state index is 11.3. The summed E-state index contributed by atoms with van der Waals surface area (Å²) >= 11 is 0. The molecule has 90 valence electrons. The van der Waals surface area contributed by atoms with Crippen molar-refractivity contribution < 1.29 is 14.3 Å². The van der Waals surface area contributed by atoms with E-state index in [1.807, 2.05) is 6.92 Å². The quantitative estimate of drug-likeness (QED) is 0.546. The van der Waals surface area contributed by atoms with E-state index in [1.165, 1.54) is 12.3 Å². The maximum Gasteiger partial charge on any atom is 0.321 e. The standard InChI is InChI=1S/C11H18N2O3/c1-3-8-7-9(8)12-11(15)13-10(14)5-6-16-4-2/h5-6,8-9H,3-4,7H2,1-2H3,(H2,12,13,14,15)/b6-5+/t8-,9-/m1/s1. The Kier molecular flexibility index (Phi) is 4.82. The van der Waals surface area contributed by atoms with Crippen LogP contribution in [0.4, 0.5) is 4.79 Å². The van der Waals surface area contributed by atoms with E-state index in [4.69, 9.17) is 4.74 Å². The molecular formula is C11H18N2O3. The van der Waals surface area contributed by atoms with Crippen LogP contribution in [0.5, 0.6) is 0 Å². The number of nitrogens with one attached hydrogen (secondary N) is 2. The van der Waals surface area contributed by atoms with Crippen molar-refractivity contribution in [2.45, 2.75) is 32.7 Å². The molecule has 1 aliphatic carbocycles. The van der Waals surface area contributed by atoms with Gasteiger partial charge in [-0.3, -0.25) is 10.1 Å². The molecule has 2 N–H and O–H groups in total. The lowest BCUT2D eigenvalue weighted by molar-refractivity contribution is -0.115. The van der Waals surface area contributed by atoms with Crippen LogP contribution in [-0.2, 0) is 9.53 Å². The zero-order valence-electron chi connectivity index (χ0n) is 9.66. The average Bonchev–Trinajstić information content (AvgIpc) is 2.96. The van der Waals surface area contributed by atoms with Gasteiger partial charge in [0.1, 0.15) is 0 Å². The summed E-state index contributed by atoms with van der Waals surface area (Å²) in [4.78, 5) is 22.4. The van der Waals surface area contributed by atoms with Crippen molar-refractivity contribution in [3.8, 4) is 0 Å². The van der Waals surface area contributed by atoms with Crippen LogP contribution >= 0.6 is 0 Å². The molecule has 0 heterocycles. The smallest absolute Gasteiger partial charge is 0.321 e. The molecule has 5 heteroatoms. The molecule has 0 radical (unpaired) electrons. The Hall–Kier alpha value is -1.52. The summed E-state index contributed by atoms with van der Waals surface area (Å²) < 4.78 is 4.84.